The Morgan fingerprint density at radius 2 is 2.30 bits per heavy atom. The Balaban J connectivity index is 2.15. The van der Waals surface area contributed by atoms with Crippen molar-refractivity contribution in [2.75, 3.05) is 13.7 Å². The van der Waals surface area contributed by atoms with Gasteiger partial charge in [-0.15, -0.1) is 0 Å². The predicted octanol–water partition coefficient (Wildman–Crippen LogP) is 2.77. The Hall–Kier alpha value is -1.33. The highest BCUT2D eigenvalue weighted by Gasteiger charge is 2.23. The molecule has 0 saturated carbocycles. The highest BCUT2D eigenvalue weighted by Crippen LogP contribution is 2.36. The Morgan fingerprint density at radius 1 is 1.45 bits per heavy atom. The van der Waals surface area contributed by atoms with Gasteiger partial charge in [-0.05, 0) is 37.6 Å². The van der Waals surface area contributed by atoms with Crippen LogP contribution in [-0.4, -0.2) is 23.2 Å². The summed E-state index contributed by atoms with van der Waals surface area (Å²) >= 11 is 3.53. The van der Waals surface area contributed by atoms with E-state index in [0.717, 1.165) is 46.7 Å². The van der Waals surface area contributed by atoms with Gasteiger partial charge in [0.2, 0.25) is 0 Å². The van der Waals surface area contributed by atoms with Crippen molar-refractivity contribution in [2.24, 2.45) is 5.73 Å². The van der Waals surface area contributed by atoms with E-state index in [1.165, 1.54) is 12.1 Å². The van der Waals surface area contributed by atoms with E-state index >= 15 is 0 Å². The van der Waals surface area contributed by atoms with Gasteiger partial charge < -0.3 is 15.0 Å². The second-order valence-electron chi connectivity index (χ2n) is 4.96. The summed E-state index contributed by atoms with van der Waals surface area (Å²) in [6, 6.07) is 6.04. The lowest BCUT2D eigenvalue weighted by molar-refractivity contribution is 0.416. The topological polar surface area (TPSA) is 53.1 Å². The molecule has 0 amide bonds. The summed E-state index contributed by atoms with van der Waals surface area (Å²) in [5, 5.41) is 0. The van der Waals surface area contributed by atoms with E-state index in [0.29, 0.717) is 6.54 Å². The van der Waals surface area contributed by atoms with Gasteiger partial charge in [-0.25, -0.2) is 4.98 Å². The van der Waals surface area contributed by atoms with Crippen LogP contribution in [0.1, 0.15) is 17.9 Å². The molecule has 4 nitrogen and oxygen atoms in total. The molecule has 1 aliphatic rings. The van der Waals surface area contributed by atoms with E-state index in [1.54, 1.807) is 7.11 Å². The first kappa shape index (κ1) is 13.6. The Kier molecular flexibility index (Phi) is 3.81. The highest BCUT2D eigenvalue weighted by molar-refractivity contribution is 9.10. The van der Waals surface area contributed by atoms with Gasteiger partial charge in [-0.2, -0.15) is 0 Å². The molecule has 3 rings (SSSR count). The average Bonchev–Trinajstić information content (AvgIpc) is 3.03. The predicted molar refractivity (Wildman–Crippen MR) is 83.0 cm³/mol. The zero-order valence-corrected chi connectivity index (χ0v) is 13.1. The van der Waals surface area contributed by atoms with Crippen LogP contribution in [0, 0.1) is 0 Å². The first-order chi connectivity index (χ1) is 9.74. The summed E-state index contributed by atoms with van der Waals surface area (Å²) < 4.78 is 8.85. The number of rotatable bonds is 4. The van der Waals surface area contributed by atoms with Crippen LogP contribution in [0.15, 0.2) is 22.7 Å². The van der Waals surface area contributed by atoms with E-state index in [4.69, 9.17) is 15.5 Å². The molecule has 1 aromatic heterocycles. The molecular weight excluding hydrogens is 318 g/mol. The zero-order chi connectivity index (χ0) is 14.1. The van der Waals surface area contributed by atoms with Crippen LogP contribution in [0.5, 0.6) is 5.75 Å². The van der Waals surface area contributed by atoms with Crippen LogP contribution in [-0.2, 0) is 19.4 Å². The number of methoxy groups -OCH3 is 1. The standard InChI is InChI=1S/C15H18BrN3O/c1-20-13-5-4-10(16)9-11(13)15-12-3-2-8-19(12)14(18-15)6-7-17/h4-5,9H,2-3,6-8,17H2,1H3. The molecule has 0 saturated heterocycles. The van der Waals surface area contributed by atoms with Crippen molar-refractivity contribution in [1.82, 2.24) is 9.55 Å². The normalized spacial score (nSPS) is 13.6. The van der Waals surface area contributed by atoms with Gasteiger partial charge in [0.05, 0.1) is 12.8 Å². The van der Waals surface area contributed by atoms with Gasteiger partial charge in [-0.1, -0.05) is 15.9 Å². The van der Waals surface area contributed by atoms with Crippen LogP contribution in [0.4, 0.5) is 0 Å². The van der Waals surface area contributed by atoms with Gasteiger partial charge in [0.15, 0.2) is 0 Å². The maximum absolute atomic E-state index is 5.70. The number of imidazole rings is 1. The van der Waals surface area contributed by atoms with Gasteiger partial charge >= 0.3 is 0 Å². The van der Waals surface area contributed by atoms with Crippen LogP contribution in [0.2, 0.25) is 0 Å². The summed E-state index contributed by atoms with van der Waals surface area (Å²) in [7, 11) is 1.70. The summed E-state index contributed by atoms with van der Waals surface area (Å²) in [5.74, 6) is 1.96. The van der Waals surface area contributed by atoms with E-state index in [1.807, 2.05) is 12.1 Å². The molecule has 0 unspecified atom stereocenters. The van der Waals surface area contributed by atoms with Crippen LogP contribution in [0.3, 0.4) is 0 Å². The van der Waals surface area contributed by atoms with Crippen molar-refractivity contribution >= 4 is 15.9 Å². The molecule has 0 radical (unpaired) electrons. The SMILES string of the molecule is COc1ccc(Br)cc1-c1nc(CCN)n2c1CCC2. The number of hydrogen-bond acceptors (Lipinski definition) is 3. The van der Waals surface area contributed by atoms with E-state index < -0.39 is 0 Å². The molecule has 2 N–H and O–H groups in total. The number of halogens is 1. The third-order valence-electron chi connectivity index (χ3n) is 3.73. The summed E-state index contributed by atoms with van der Waals surface area (Å²) in [6.07, 6.45) is 3.07. The minimum Gasteiger partial charge on any atom is -0.496 e. The lowest BCUT2D eigenvalue weighted by Crippen LogP contribution is -2.08. The molecule has 2 heterocycles. The second kappa shape index (κ2) is 5.58. The summed E-state index contributed by atoms with van der Waals surface area (Å²) in [4.78, 5) is 4.82. The Labute approximate surface area is 127 Å². The van der Waals surface area contributed by atoms with Crippen LogP contribution < -0.4 is 10.5 Å². The molecular formula is C15H18BrN3O. The molecule has 2 aromatic rings. The molecule has 1 aromatic carbocycles. The molecule has 0 spiro atoms. The lowest BCUT2D eigenvalue weighted by atomic mass is 10.1. The lowest BCUT2D eigenvalue weighted by Gasteiger charge is -2.08. The van der Waals surface area contributed by atoms with Crippen LogP contribution >= 0.6 is 15.9 Å². The van der Waals surface area contributed by atoms with Crippen molar-refractivity contribution < 1.29 is 4.74 Å². The van der Waals surface area contributed by atoms with Gasteiger partial charge in [0.25, 0.3) is 0 Å². The molecule has 0 atom stereocenters. The van der Waals surface area contributed by atoms with Crippen molar-refractivity contribution in [1.29, 1.82) is 0 Å². The number of fused-ring (bicyclic) bond motifs is 1. The molecule has 0 fully saturated rings. The highest BCUT2D eigenvalue weighted by atomic mass is 79.9. The molecule has 1 aliphatic heterocycles. The average molecular weight is 336 g/mol. The van der Waals surface area contributed by atoms with Crippen LogP contribution in [0.25, 0.3) is 11.3 Å². The fourth-order valence-electron chi connectivity index (χ4n) is 2.86. The Bertz CT molecular complexity index is 636. The molecule has 106 valence electrons. The molecule has 20 heavy (non-hydrogen) atoms. The fourth-order valence-corrected chi connectivity index (χ4v) is 3.22. The zero-order valence-electron chi connectivity index (χ0n) is 11.5. The number of nitrogens with two attached hydrogens (primary N) is 1. The minimum atomic E-state index is 0.630. The van der Waals surface area contributed by atoms with E-state index in [2.05, 4.69) is 26.6 Å². The third-order valence-corrected chi connectivity index (χ3v) is 4.22. The van der Waals surface area contributed by atoms with Crippen molar-refractivity contribution in [3.63, 3.8) is 0 Å². The first-order valence-corrected chi connectivity index (χ1v) is 7.66. The van der Waals surface area contributed by atoms with Crippen molar-refractivity contribution in [3.8, 4) is 17.0 Å². The van der Waals surface area contributed by atoms with Gasteiger partial charge in [0.1, 0.15) is 11.6 Å². The van der Waals surface area contributed by atoms with E-state index in [9.17, 15) is 0 Å². The number of aromatic nitrogens is 2. The largest absolute Gasteiger partial charge is 0.496 e. The number of benzene rings is 1. The molecule has 5 heteroatoms. The smallest absolute Gasteiger partial charge is 0.128 e. The number of hydrogen-bond donors (Lipinski definition) is 1. The summed E-state index contributed by atoms with van der Waals surface area (Å²) in [6.45, 7) is 1.68. The molecule has 0 bridgehead atoms. The van der Waals surface area contributed by atoms with Gasteiger partial charge in [-0.3, -0.25) is 0 Å². The third kappa shape index (κ3) is 2.25. The monoisotopic (exact) mass is 335 g/mol. The van der Waals surface area contributed by atoms with Crippen molar-refractivity contribution in [3.05, 3.63) is 34.2 Å². The quantitative estimate of drug-likeness (QED) is 0.934. The minimum absolute atomic E-state index is 0.630. The maximum atomic E-state index is 5.70. The Morgan fingerprint density at radius 3 is 3.05 bits per heavy atom. The summed E-state index contributed by atoms with van der Waals surface area (Å²) in [5.41, 5.74) is 9.10. The number of nitrogens with zero attached hydrogens (tertiary/aromatic N) is 2. The second-order valence-corrected chi connectivity index (χ2v) is 5.88. The first-order valence-electron chi connectivity index (χ1n) is 6.87. The molecule has 0 aliphatic carbocycles. The number of ether oxygens (including phenoxy) is 1. The fraction of sp³-hybridized carbons (Fsp3) is 0.400. The van der Waals surface area contributed by atoms with Crippen molar-refractivity contribution in [2.45, 2.75) is 25.8 Å². The maximum Gasteiger partial charge on any atom is 0.128 e. The van der Waals surface area contributed by atoms with Gasteiger partial charge in [0, 0.05) is 28.7 Å². The van der Waals surface area contributed by atoms with E-state index in [-0.39, 0.29) is 0 Å².